The molecule has 0 aliphatic carbocycles. The SMILES string of the molecule is Cn1c(NC(C)(C)C)nc2c(-c3cc4c([nH]3)[C@@H](CCN)NC4=O)cccc2c1=O. The summed E-state index contributed by atoms with van der Waals surface area (Å²) in [6, 6.07) is 7.22. The molecule has 8 nitrogen and oxygen atoms in total. The Balaban J connectivity index is 1.90. The highest BCUT2D eigenvalue weighted by Gasteiger charge is 2.31. The molecule has 3 aromatic rings. The second-order valence-electron chi connectivity index (χ2n) is 8.49. The van der Waals surface area contributed by atoms with E-state index in [1.807, 2.05) is 39.0 Å². The van der Waals surface area contributed by atoms with E-state index in [-0.39, 0.29) is 23.0 Å². The maximum absolute atomic E-state index is 12.9. The lowest BCUT2D eigenvalue weighted by Crippen LogP contribution is -2.32. The second kappa shape index (κ2) is 6.73. The van der Waals surface area contributed by atoms with Gasteiger partial charge in [-0.15, -0.1) is 0 Å². The van der Waals surface area contributed by atoms with E-state index in [2.05, 4.69) is 15.6 Å². The number of benzene rings is 1. The first kappa shape index (κ1) is 19.2. The number of rotatable bonds is 4. The molecule has 8 heteroatoms. The standard InChI is InChI=1S/C21H26N6O2/c1-21(2,3)26-20-25-16-11(6-5-7-12(16)19(29)27(20)4)15-10-13-17(23-15)14(8-9-22)24-18(13)28/h5-7,10,14,23H,8-9,22H2,1-4H3,(H,24,28)(H,25,26)/t14-/m1/s1. The van der Waals surface area contributed by atoms with Gasteiger partial charge < -0.3 is 21.4 Å². The van der Waals surface area contributed by atoms with Crippen molar-refractivity contribution < 1.29 is 4.79 Å². The predicted molar refractivity (Wildman–Crippen MR) is 114 cm³/mol. The number of carbonyl (C=O) groups is 1. The largest absolute Gasteiger partial charge is 0.356 e. The van der Waals surface area contributed by atoms with Gasteiger partial charge in [-0.05, 0) is 45.9 Å². The number of H-pyrrole nitrogens is 1. The minimum absolute atomic E-state index is 0.111. The highest BCUT2D eigenvalue weighted by molar-refractivity contribution is 6.01. The molecule has 0 radical (unpaired) electrons. The number of nitrogens with zero attached hydrogens (tertiary/aromatic N) is 2. The minimum Gasteiger partial charge on any atom is -0.356 e. The first-order valence-electron chi connectivity index (χ1n) is 9.72. The van der Waals surface area contributed by atoms with E-state index in [4.69, 9.17) is 10.7 Å². The van der Waals surface area contributed by atoms with Gasteiger partial charge in [0.2, 0.25) is 5.95 Å². The van der Waals surface area contributed by atoms with Gasteiger partial charge in [0.05, 0.1) is 28.2 Å². The number of hydrogen-bond donors (Lipinski definition) is 4. The first-order chi connectivity index (χ1) is 13.7. The van der Waals surface area contributed by atoms with Crippen LogP contribution in [-0.4, -0.2) is 32.5 Å². The zero-order valence-corrected chi connectivity index (χ0v) is 17.1. The lowest BCUT2D eigenvalue weighted by Gasteiger charge is -2.23. The van der Waals surface area contributed by atoms with Crippen LogP contribution >= 0.6 is 0 Å². The molecule has 2 aromatic heterocycles. The summed E-state index contributed by atoms with van der Waals surface area (Å²) in [5, 5.41) is 6.76. The summed E-state index contributed by atoms with van der Waals surface area (Å²) in [5.74, 6) is 0.389. The normalized spacial score (nSPS) is 16.2. The lowest BCUT2D eigenvalue weighted by molar-refractivity contribution is 0.0955. The number of hydrogen-bond acceptors (Lipinski definition) is 5. The summed E-state index contributed by atoms with van der Waals surface area (Å²) in [6.07, 6.45) is 0.659. The molecule has 1 atom stereocenters. The zero-order chi connectivity index (χ0) is 20.9. The van der Waals surface area contributed by atoms with Gasteiger partial charge >= 0.3 is 0 Å². The van der Waals surface area contributed by atoms with Gasteiger partial charge in [0.1, 0.15) is 0 Å². The predicted octanol–water partition coefficient (Wildman–Crippen LogP) is 2.27. The number of anilines is 1. The highest BCUT2D eigenvalue weighted by Crippen LogP contribution is 2.33. The minimum atomic E-state index is -0.249. The number of nitrogens with two attached hydrogens (primary N) is 1. The molecule has 0 spiro atoms. The molecule has 1 aromatic carbocycles. The van der Waals surface area contributed by atoms with E-state index >= 15 is 0 Å². The molecule has 3 heterocycles. The van der Waals surface area contributed by atoms with Gasteiger partial charge in [0.15, 0.2) is 0 Å². The van der Waals surface area contributed by atoms with Gasteiger partial charge in [-0.2, -0.15) is 0 Å². The lowest BCUT2D eigenvalue weighted by atomic mass is 10.1. The first-order valence-corrected chi connectivity index (χ1v) is 9.72. The van der Waals surface area contributed by atoms with Gasteiger partial charge in [-0.3, -0.25) is 14.2 Å². The molecule has 5 N–H and O–H groups in total. The molecule has 1 aliphatic heterocycles. The fraction of sp³-hybridized carbons (Fsp3) is 0.381. The van der Waals surface area contributed by atoms with E-state index in [9.17, 15) is 9.59 Å². The van der Waals surface area contributed by atoms with E-state index < -0.39 is 0 Å². The molecule has 4 rings (SSSR count). The molecule has 152 valence electrons. The summed E-state index contributed by atoms with van der Waals surface area (Å²) in [4.78, 5) is 33.4. The van der Waals surface area contributed by atoms with Crippen molar-refractivity contribution in [1.82, 2.24) is 19.9 Å². The maximum Gasteiger partial charge on any atom is 0.262 e. The Hall–Kier alpha value is -3.13. The van der Waals surface area contributed by atoms with E-state index in [0.717, 1.165) is 17.0 Å². The average molecular weight is 394 g/mol. The van der Waals surface area contributed by atoms with Crippen molar-refractivity contribution in [3.63, 3.8) is 0 Å². The maximum atomic E-state index is 12.9. The number of aromatic amines is 1. The number of aromatic nitrogens is 3. The van der Waals surface area contributed by atoms with Crippen molar-refractivity contribution in [3.8, 4) is 11.3 Å². The van der Waals surface area contributed by atoms with Gasteiger partial charge in [0.25, 0.3) is 11.5 Å². The summed E-state index contributed by atoms with van der Waals surface area (Å²) >= 11 is 0. The smallest absolute Gasteiger partial charge is 0.262 e. The fourth-order valence-electron chi connectivity index (χ4n) is 3.73. The number of fused-ring (bicyclic) bond motifs is 2. The van der Waals surface area contributed by atoms with Crippen LogP contribution in [0.3, 0.4) is 0 Å². The van der Waals surface area contributed by atoms with E-state index in [0.29, 0.717) is 35.4 Å². The Morgan fingerprint density at radius 2 is 2.00 bits per heavy atom. The number of amides is 1. The van der Waals surface area contributed by atoms with Crippen molar-refractivity contribution >= 4 is 22.8 Å². The Bertz CT molecular complexity index is 1170. The molecule has 1 amide bonds. The Morgan fingerprint density at radius 1 is 1.24 bits per heavy atom. The molecular weight excluding hydrogens is 368 g/mol. The molecule has 0 unspecified atom stereocenters. The van der Waals surface area contributed by atoms with Crippen LogP contribution in [0.5, 0.6) is 0 Å². The third-order valence-corrected chi connectivity index (χ3v) is 5.09. The Kier molecular flexibility index (Phi) is 4.46. The van der Waals surface area contributed by atoms with E-state index in [1.165, 1.54) is 4.57 Å². The van der Waals surface area contributed by atoms with Gasteiger partial charge in [-0.1, -0.05) is 12.1 Å². The highest BCUT2D eigenvalue weighted by atomic mass is 16.2. The average Bonchev–Trinajstić information content (AvgIpc) is 3.20. The Labute approximate surface area is 168 Å². The van der Waals surface area contributed by atoms with Crippen LogP contribution < -0.4 is 21.9 Å². The topological polar surface area (TPSA) is 118 Å². The van der Waals surface area contributed by atoms with Crippen molar-refractivity contribution in [2.24, 2.45) is 12.8 Å². The second-order valence-corrected chi connectivity index (χ2v) is 8.49. The van der Waals surface area contributed by atoms with Gasteiger partial charge in [0, 0.05) is 23.8 Å². The molecule has 0 saturated carbocycles. The molecule has 0 bridgehead atoms. The summed E-state index contributed by atoms with van der Waals surface area (Å²) in [6.45, 7) is 6.52. The van der Waals surface area contributed by atoms with Crippen molar-refractivity contribution in [3.05, 3.63) is 45.9 Å². The fourth-order valence-corrected chi connectivity index (χ4v) is 3.73. The third kappa shape index (κ3) is 3.29. The van der Waals surface area contributed by atoms with Crippen molar-refractivity contribution in [2.75, 3.05) is 11.9 Å². The van der Waals surface area contributed by atoms with Gasteiger partial charge in [-0.25, -0.2) is 4.98 Å². The molecular formula is C21H26N6O2. The van der Waals surface area contributed by atoms with Crippen LogP contribution in [0.4, 0.5) is 5.95 Å². The van der Waals surface area contributed by atoms with Crippen molar-refractivity contribution in [2.45, 2.75) is 38.8 Å². The van der Waals surface area contributed by atoms with Crippen LogP contribution in [0.1, 0.15) is 49.3 Å². The van der Waals surface area contributed by atoms with Crippen molar-refractivity contribution in [1.29, 1.82) is 0 Å². The monoisotopic (exact) mass is 394 g/mol. The van der Waals surface area contributed by atoms with Crippen LogP contribution in [0.2, 0.25) is 0 Å². The van der Waals surface area contributed by atoms with Crippen LogP contribution in [0, 0.1) is 0 Å². The summed E-state index contributed by atoms with van der Waals surface area (Å²) < 4.78 is 1.52. The van der Waals surface area contributed by atoms with E-state index in [1.54, 1.807) is 13.1 Å². The van der Waals surface area contributed by atoms with Crippen LogP contribution in [0.15, 0.2) is 29.1 Å². The summed E-state index contributed by atoms with van der Waals surface area (Å²) in [5.41, 5.74) is 8.91. The Morgan fingerprint density at radius 3 is 2.69 bits per heavy atom. The van der Waals surface area contributed by atoms with Crippen LogP contribution in [0.25, 0.3) is 22.2 Å². The number of nitrogens with one attached hydrogen (secondary N) is 3. The molecule has 1 aliphatic rings. The molecule has 0 fully saturated rings. The quantitative estimate of drug-likeness (QED) is 0.541. The third-order valence-electron chi connectivity index (χ3n) is 5.09. The van der Waals surface area contributed by atoms with Crippen LogP contribution in [-0.2, 0) is 7.05 Å². The molecule has 29 heavy (non-hydrogen) atoms. The summed E-state index contributed by atoms with van der Waals surface area (Å²) in [7, 11) is 1.71. The number of para-hydroxylation sites is 1. The number of carbonyl (C=O) groups excluding carboxylic acids is 1. The zero-order valence-electron chi connectivity index (χ0n) is 17.1. The molecule has 0 saturated heterocycles.